The van der Waals surface area contributed by atoms with E-state index in [9.17, 15) is 24.5 Å². The highest BCUT2D eigenvalue weighted by molar-refractivity contribution is 6.27. The minimum absolute atomic E-state index is 0.159. The number of nitrogens with zero attached hydrogens (tertiary/aromatic N) is 4. The maximum Gasteiger partial charge on any atom is 0.414 e. The number of hydrogen-bond donors (Lipinski definition) is 3. The Bertz CT molecular complexity index is 1520. The van der Waals surface area contributed by atoms with Gasteiger partial charge in [-0.05, 0) is 12.5 Å². The normalized spacial score (nSPS) is 13.0. The topological polar surface area (TPSA) is 205 Å². The van der Waals surface area contributed by atoms with Crippen molar-refractivity contribution in [2.45, 2.75) is 6.42 Å². The van der Waals surface area contributed by atoms with Gasteiger partial charge in [-0.25, -0.2) is 14.4 Å². The Labute approximate surface area is 238 Å². The van der Waals surface area contributed by atoms with Crippen LogP contribution in [0.3, 0.4) is 0 Å². The van der Waals surface area contributed by atoms with Crippen molar-refractivity contribution in [1.82, 2.24) is 14.5 Å². The standard InChI is InChI=1S/C25H27N5O6.C2H2O4/c1-27-23(31)17-22(26-25(27)33)29-13-11-28(12-14-29)10-5-15-36-21-9-8-19(30(34)35)16-20(21)24(32)18-6-3-2-4-7-18;3-1(4)2(5)6/h2-4,6-9,16-17H,5,10-15H2,1H3,(H,26,33);(H,3,4)(H,5,6). The number of nitrogens with one attached hydrogen (secondary N) is 1. The number of benzene rings is 2. The third kappa shape index (κ3) is 8.34. The molecule has 15 nitrogen and oxygen atoms in total. The van der Waals surface area contributed by atoms with E-state index in [-0.39, 0.29) is 22.6 Å². The second-order valence-electron chi connectivity index (χ2n) is 9.13. The predicted molar refractivity (Wildman–Crippen MR) is 149 cm³/mol. The molecule has 3 N–H and O–H groups in total. The molecule has 42 heavy (non-hydrogen) atoms. The average molecular weight is 584 g/mol. The van der Waals surface area contributed by atoms with E-state index in [4.69, 9.17) is 24.5 Å². The van der Waals surface area contributed by atoms with Gasteiger partial charge in [0.2, 0.25) is 0 Å². The summed E-state index contributed by atoms with van der Waals surface area (Å²) < 4.78 is 6.91. The fraction of sp³-hybridized carbons (Fsp3) is 0.296. The number of ketones is 1. The molecular formula is C27H29N5O10. The minimum Gasteiger partial charge on any atom is -0.493 e. The molecule has 4 rings (SSSR count). The SMILES string of the molecule is Cn1c(=O)cc(N2CCN(CCCOc3ccc([N+](=O)[O-])cc3C(=O)c3ccccc3)CC2)[nH]c1=O.O=C(O)C(=O)O. The second kappa shape index (κ2) is 14.4. The van der Waals surface area contributed by atoms with E-state index in [1.807, 2.05) is 4.90 Å². The van der Waals surface area contributed by atoms with Crippen molar-refractivity contribution in [3.63, 3.8) is 0 Å². The van der Waals surface area contributed by atoms with Gasteiger partial charge in [-0.15, -0.1) is 0 Å². The summed E-state index contributed by atoms with van der Waals surface area (Å²) in [5, 5.41) is 26.0. The number of rotatable bonds is 9. The molecule has 2 heterocycles. The van der Waals surface area contributed by atoms with E-state index in [2.05, 4.69) is 9.88 Å². The van der Waals surface area contributed by atoms with Gasteiger partial charge in [0.25, 0.3) is 11.2 Å². The fourth-order valence-corrected chi connectivity index (χ4v) is 4.08. The molecule has 0 atom stereocenters. The molecule has 1 fully saturated rings. The molecule has 0 amide bonds. The second-order valence-corrected chi connectivity index (χ2v) is 9.13. The van der Waals surface area contributed by atoms with Crippen LogP contribution in [0, 0.1) is 10.1 Å². The number of nitro groups is 1. The zero-order chi connectivity index (χ0) is 30.8. The lowest BCUT2D eigenvalue weighted by atomic mass is 10.0. The van der Waals surface area contributed by atoms with Crippen LogP contribution in [0.5, 0.6) is 5.75 Å². The Kier molecular flexibility index (Phi) is 10.7. The molecule has 0 radical (unpaired) electrons. The van der Waals surface area contributed by atoms with E-state index < -0.39 is 22.6 Å². The Morgan fingerprint density at radius 1 is 0.976 bits per heavy atom. The maximum atomic E-state index is 13.0. The van der Waals surface area contributed by atoms with Crippen LogP contribution in [0.4, 0.5) is 11.5 Å². The van der Waals surface area contributed by atoms with Gasteiger partial charge in [0, 0.05) is 63.5 Å². The number of non-ortho nitro benzene ring substituents is 1. The van der Waals surface area contributed by atoms with Gasteiger partial charge >= 0.3 is 17.6 Å². The Morgan fingerprint density at radius 3 is 2.19 bits per heavy atom. The van der Waals surface area contributed by atoms with Crippen LogP contribution in [0.1, 0.15) is 22.3 Å². The summed E-state index contributed by atoms with van der Waals surface area (Å²) in [7, 11) is 1.43. The Hall–Kier alpha value is -5.31. The van der Waals surface area contributed by atoms with Crippen molar-refractivity contribution >= 4 is 29.2 Å². The third-order valence-corrected chi connectivity index (χ3v) is 6.36. The summed E-state index contributed by atoms with van der Waals surface area (Å²) in [6, 6.07) is 14.1. The molecule has 1 aromatic heterocycles. The van der Waals surface area contributed by atoms with E-state index in [1.54, 1.807) is 30.3 Å². The molecular weight excluding hydrogens is 554 g/mol. The van der Waals surface area contributed by atoms with Crippen molar-refractivity contribution in [2.24, 2.45) is 7.05 Å². The molecule has 1 saturated heterocycles. The van der Waals surface area contributed by atoms with Crippen molar-refractivity contribution in [2.75, 3.05) is 44.2 Å². The number of H-pyrrole nitrogens is 1. The fourth-order valence-electron chi connectivity index (χ4n) is 4.08. The van der Waals surface area contributed by atoms with E-state index in [0.29, 0.717) is 43.2 Å². The number of aliphatic carboxylic acids is 2. The smallest absolute Gasteiger partial charge is 0.414 e. The molecule has 1 aliphatic heterocycles. The number of carbonyl (C=O) groups is 3. The quantitative estimate of drug-likeness (QED) is 0.106. The highest BCUT2D eigenvalue weighted by atomic mass is 16.6. The van der Waals surface area contributed by atoms with Gasteiger partial charge in [0.1, 0.15) is 11.6 Å². The Balaban J connectivity index is 0.000000730. The molecule has 222 valence electrons. The maximum absolute atomic E-state index is 13.0. The summed E-state index contributed by atoms with van der Waals surface area (Å²) in [5.74, 6) is -3.14. The van der Waals surface area contributed by atoms with Gasteiger partial charge in [0.05, 0.1) is 17.1 Å². The van der Waals surface area contributed by atoms with Gasteiger partial charge in [0.15, 0.2) is 5.78 Å². The lowest BCUT2D eigenvalue weighted by Gasteiger charge is -2.35. The molecule has 0 unspecified atom stereocenters. The minimum atomic E-state index is -1.82. The molecule has 0 aliphatic carbocycles. The van der Waals surface area contributed by atoms with Crippen LogP contribution in [0.15, 0.2) is 64.2 Å². The van der Waals surface area contributed by atoms with E-state index in [0.717, 1.165) is 24.2 Å². The molecule has 0 bridgehead atoms. The van der Waals surface area contributed by atoms with Crippen molar-refractivity contribution in [3.05, 3.63) is 96.7 Å². The van der Waals surface area contributed by atoms with E-state index in [1.165, 1.54) is 31.3 Å². The Morgan fingerprint density at radius 2 is 1.62 bits per heavy atom. The number of piperazine rings is 1. The summed E-state index contributed by atoms with van der Waals surface area (Å²) in [6.45, 7) is 3.95. The number of anilines is 1. The zero-order valence-electron chi connectivity index (χ0n) is 22.6. The summed E-state index contributed by atoms with van der Waals surface area (Å²) in [4.78, 5) is 72.6. The molecule has 3 aromatic rings. The number of carboxylic acids is 2. The van der Waals surface area contributed by atoms with Crippen LogP contribution >= 0.6 is 0 Å². The first-order valence-electron chi connectivity index (χ1n) is 12.7. The summed E-state index contributed by atoms with van der Waals surface area (Å²) in [5.41, 5.74) is -0.361. The molecule has 2 aromatic carbocycles. The first kappa shape index (κ1) is 31.2. The van der Waals surface area contributed by atoms with Crippen molar-refractivity contribution in [1.29, 1.82) is 0 Å². The molecule has 1 aliphatic rings. The first-order valence-corrected chi connectivity index (χ1v) is 12.7. The number of hydrogen-bond acceptors (Lipinski definition) is 10. The first-order chi connectivity index (χ1) is 20.0. The monoisotopic (exact) mass is 583 g/mol. The van der Waals surface area contributed by atoms with Crippen molar-refractivity contribution < 1.29 is 34.3 Å². The summed E-state index contributed by atoms with van der Waals surface area (Å²) in [6.07, 6.45) is 0.693. The van der Waals surface area contributed by atoms with Crippen LogP contribution in [-0.4, -0.2) is 86.6 Å². The van der Waals surface area contributed by atoms with Gasteiger partial charge in [-0.3, -0.25) is 34.2 Å². The van der Waals surface area contributed by atoms with Crippen LogP contribution in [0.2, 0.25) is 0 Å². The number of carbonyl (C=O) groups excluding carboxylic acids is 1. The molecule has 15 heteroatoms. The van der Waals surface area contributed by atoms with Gasteiger partial charge in [-0.2, -0.15) is 0 Å². The highest BCUT2D eigenvalue weighted by Gasteiger charge is 2.21. The van der Waals surface area contributed by atoms with Gasteiger partial charge in [-0.1, -0.05) is 30.3 Å². The number of aromatic nitrogens is 2. The van der Waals surface area contributed by atoms with Crippen LogP contribution in [0.25, 0.3) is 0 Å². The van der Waals surface area contributed by atoms with Crippen molar-refractivity contribution in [3.8, 4) is 5.75 Å². The highest BCUT2D eigenvalue weighted by Crippen LogP contribution is 2.27. The predicted octanol–water partition coefficient (Wildman–Crippen LogP) is 0.960. The van der Waals surface area contributed by atoms with E-state index >= 15 is 0 Å². The van der Waals surface area contributed by atoms with Crippen LogP contribution < -0.4 is 20.9 Å². The number of carboxylic acid groups (broad SMARTS) is 2. The zero-order valence-corrected chi connectivity index (χ0v) is 22.6. The number of aromatic amines is 1. The lowest BCUT2D eigenvalue weighted by molar-refractivity contribution is -0.384. The largest absolute Gasteiger partial charge is 0.493 e. The molecule has 0 saturated carbocycles. The van der Waals surface area contributed by atoms with Crippen LogP contribution in [-0.2, 0) is 16.6 Å². The average Bonchev–Trinajstić information content (AvgIpc) is 2.98. The molecule has 0 spiro atoms. The number of ether oxygens (including phenoxy) is 1. The third-order valence-electron chi connectivity index (χ3n) is 6.36. The summed E-state index contributed by atoms with van der Waals surface area (Å²) >= 11 is 0. The number of nitro benzene ring substituents is 1. The van der Waals surface area contributed by atoms with Gasteiger partial charge < -0.3 is 19.8 Å². The lowest BCUT2D eigenvalue weighted by Crippen LogP contribution is -2.48.